The van der Waals surface area contributed by atoms with E-state index in [9.17, 15) is 9.18 Å². The number of H-pyrrole nitrogens is 1. The highest BCUT2D eigenvalue weighted by atomic mass is 19.1. The van der Waals surface area contributed by atoms with Crippen molar-refractivity contribution in [3.05, 3.63) is 58.9 Å². The van der Waals surface area contributed by atoms with Crippen LogP contribution in [0.4, 0.5) is 4.39 Å². The topological polar surface area (TPSA) is 83.8 Å². The molecule has 122 valence electrons. The summed E-state index contributed by atoms with van der Waals surface area (Å²) in [5.74, 6) is -0.166. The number of rotatable bonds is 4. The van der Waals surface area contributed by atoms with E-state index in [0.717, 1.165) is 30.5 Å². The summed E-state index contributed by atoms with van der Waals surface area (Å²) >= 11 is 0. The van der Waals surface area contributed by atoms with Crippen molar-refractivity contribution in [1.82, 2.24) is 20.7 Å². The molecule has 0 fully saturated rings. The maximum absolute atomic E-state index is 13.7. The highest BCUT2D eigenvalue weighted by molar-refractivity contribution is 5.94. The standard InChI is InChI=1S/C17H15FN4O2/c18-13-6-2-1-4-11(13)15-8-10(24-22-15)9-19-17(23)16-12-5-3-7-14(12)20-21-16/h1-2,4,6,8H,3,5,7,9H2,(H,19,23)(H,20,21). The molecule has 2 N–H and O–H groups in total. The number of amides is 1. The van der Waals surface area contributed by atoms with Crippen molar-refractivity contribution >= 4 is 5.91 Å². The van der Waals surface area contributed by atoms with Crippen LogP contribution in [-0.2, 0) is 19.4 Å². The minimum atomic E-state index is -0.367. The van der Waals surface area contributed by atoms with E-state index in [4.69, 9.17) is 4.52 Å². The number of halogens is 1. The van der Waals surface area contributed by atoms with Crippen molar-refractivity contribution in [1.29, 1.82) is 0 Å². The predicted molar refractivity (Wildman–Crippen MR) is 83.7 cm³/mol. The molecule has 0 bridgehead atoms. The van der Waals surface area contributed by atoms with Gasteiger partial charge in [-0.25, -0.2) is 4.39 Å². The number of carbonyl (C=O) groups is 1. The molecular formula is C17H15FN4O2. The number of aromatic nitrogens is 3. The Balaban J connectivity index is 1.45. The van der Waals surface area contributed by atoms with Gasteiger partial charge in [0, 0.05) is 22.9 Å². The Morgan fingerprint density at radius 1 is 1.33 bits per heavy atom. The summed E-state index contributed by atoms with van der Waals surface area (Å²) in [6.45, 7) is 0.169. The first kappa shape index (κ1) is 14.6. The zero-order valence-corrected chi connectivity index (χ0v) is 12.8. The molecule has 0 spiro atoms. The molecule has 1 aliphatic rings. The van der Waals surface area contributed by atoms with Crippen LogP contribution in [0.25, 0.3) is 11.3 Å². The lowest BCUT2D eigenvalue weighted by atomic mass is 10.1. The molecule has 3 aromatic rings. The van der Waals surface area contributed by atoms with Gasteiger partial charge in [0.2, 0.25) is 0 Å². The summed E-state index contributed by atoms with van der Waals surface area (Å²) in [6.07, 6.45) is 2.84. The van der Waals surface area contributed by atoms with Crippen LogP contribution in [0.15, 0.2) is 34.9 Å². The van der Waals surface area contributed by atoms with Gasteiger partial charge in [-0.05, 0) is 31.4 Å². The number of nitrogens with zero attached hydrogens (tertiary/aromatic N) is 2. The molecule has 0 atom stereocenters. The van der Waals surface area contributed by atoms with E-state index in [1.165, 1.54) is 6.07 Å². The Hall–Kier alpha value is -2.96. The summed E-state index contributed by atoms with van der Waals surface area (Å²) in [6, 6.07) is 7.95. The Morgan fingerprint density at radius 2 is 2.21 bits per heavy atom. The third-order valence-corrected chi connectivity index (χ3v) is 4.15. The van der Waals surface area contributed by atoms with Crippen LogP contribution >= 0.6 is 0 Å². The van der Waals surface area contributed by atoms with Crippen LogP contribution in [0.5, 0.6) is 0 Å². The molecule has 2 aromatic heterocycles. The van der Waals surface area contributed by atoms with E-state index in [-0.39, 0.29) is 18.3 Å². The Kier molecular flexibility index (Phi) is 3.60. The van der Waals surface area contributed by atoms with Gasteiger partial charge in [-0.3, -0.25) is 9.89 Å². The SMILES string of the molecule is O=C(NCc1cc(-c2ccccc2F)no1)c1n[nH]c2c1CCC2. The lowest BCUT2D eigenvalue weighted by Crippen LogP contribution is -2.24. The number of nitrogens with one attached hydrogen (secondary N) is 2. The molecule has 6 nitrogen and oxygen atoms in total. The van der Waals surface area contributed by atoms with Crippen LogP contribution in [0.1, 0.15) is 33.9 Å². The molecule has 1 aliphatic carbocycles. The van der Waals surface area contributed by atoms with Gasteiger partial charge in [-0.1, -0.05) is 17.3 Å². The molecule has 0 saturated carbocycles. The monoisotopic (exact) mass is 326 g/mol. The molecule has 0 aliphatic heterocycles. The molecule has 2 heterocycles. The van der Waals surface area contributed by atoms with Crippen molar-refractivity contribution in [2.24, 2.45) is 0 Å². The van der Waals surface area contributed by atoms with Gasteiger partial charge < -0.3 is 9.84 Å². The van der Waals surface area contributed by atoms with Crippen LogP contribution < -0.4 is 5.32 Å². The van der Waals surface area contributed by atoms with E-state index in [2.05, 4.69) is 20.7 Å². The van der Waals surface area contributed by atoms with Crippen LogP contribution in [-0.4, -0.2) is 21.3 Å². The Morgan fingerprint density at radius 3 is 3.08 bits per heavy atom. The molecule has 0 saturated heterocycles. The highest BCUT2D eigenvalue weighted by Gasteiger charge is 2.23. The first-order chi connectivity index (χ1) is 11.7. The third-order valence-electron chi connectivity index (χ3n) is 4.15. The van der Waals surface area contributed by atoms with Crippen LogP contribution in [0, 0.1) is 5.82 Å². The van der Waals surface area contributed by atoms with Crippen molar-refractivity contribution in [2.75, 3.05) is 0 Å². The number of carbonyl (C=O) groups excluding carboxylic acids is 1. The van der Waals surface area contributed by atoms with Gasteiger partial charge in [-0.2, -0.15) is 5.10 Å². The second-order valence-electron chi connectivity index (χ2n) is 5.72. The molecular weight excluding hydrogens is 311 g/mol. The maximum atomic E-state index is 13.7. The minimum Gasteiger partial charge on any atom is -0.359 e. The molecule has 1 aromatic carbocycles. The first-order valence-corrected chi connectivity index (χ1v) is 7.77. The molecule has 0 unspecified atom stereocenters. The fourth-order valence-corrected chi connectivity index (χ4v) is 2.95. The quantitative estimate of drug-likeness (QED) is 0.772. The molecule has 7 heteroatoms. The molecule has 0 radical (unpaired) electrons. The van der Waals surface area contributed by atoms with E-state index >= 15 is 0 Å². The minimum absolute atomic E-state index is 0.169. The summed E-state index contributed by atoms with van der Waals surface area (Å²) in [5, 5.41) is 13.6. The molecule has 24 heavy (non-hydrogen) atoms. The van der Waals surface area contributed by atoms with Gasteiger partial charge in [0.05, 0.1) is 6.54 Å². The van der Waals surface area contributed by atoms with Crippen molar-refractivity contribution in [3.63, 3.8) is 0 Å². The van der Waals surface area contributed by atoms with Gasteiger partial charge in [-0.15, -0.1) is 0 Å². The van der Waals surface area contributed by atoms with Crippen molar-refractivity contribution in [2.45, 2.75) is 25.8 Å². The molecule has 4 rings (SSSR count). The van der Waals surface area contributed by atoms with Crippen molar-refractivity contribution in [3.8, 4) is 11.3 Å². The second-order valence-corrected chi connectivity index (χ2v) is 5.72. The summed E-state index contributed by atoms with van der Waals surface area (Å²) in [4.78, 5) is 12.3. The zero-order chi connectivity index (χ0) is 16.5. The van der Waals surface area contributed by atoms with E-state index in [1.807, 2.05) is 0 Å². The third kappa shape index (κ3) is 2.58. The number of fused-ring (bicyclic) bond motifs is 1. The van der Waals surface area contributed by atoms with E-state index in [1.54, 1.807) is 24.3 Å². The predicted octanol–water partition coefficient (Wildman–Crippen LogP) is 2.62. The second kappa shape index (κ2) is 5.92. The number of aromatic amines is 1. The summed E-state index contributed by atoms with van der Waals surface area (Å²) < 4.78 is 18.9. The van der Waals surface area contributed by atoms with Gasteiger partial charge in [0.25, 0.3) is 5.91 Å². The number of hydrogen-bond acceptors (Lipinski definition) is 4. The van der Waals surface area contributed by atoms with Gasteiger partial charge in [0.15, 0.2) is 11.5 Å². The number of aryl methyl sites for hydroxylation is 1. The largest absolute Gasteiger partial charge is 0.359 e. The van der Waals surface area contributed by atoms with E-state index < -0.39 is 0 Å². The summed E-state index contributed by atoms with van der Waals surface area (Å²) in [5.41, 5.74) is 3.25. The number of benzene rings is 1. The average molecular weight is 326 g/mol. The van der Waals surface area contributed by atoms with Crippen LogP contribution in [0.3, 0.4) is 0 Å². The Labute approximate surface area is 137 Å². The normalized spacial score (nSPS) is 13.0. The average Bonchev–Trinajstić information content (AvgIpc) is 3.29. The molecule has 1 amide bonds. The highest BCUT2D eigenvalue weighted by Crippen LogP contribution is 2.23. The number of hydrogen-bond donors (Lipinski definition) is 2. The van der Waals surface area contributed by atoms with Crippen molar-refractivity contribution < 1.29 is 13.7 Å². The van der Waals surface area contributed by atoms with Crippen LogP contribution in [0.2, 0.25) is 0 Å². The lowest BCUT2D eigenvalue weighted by molar-refractivity contribution is 0.0941. The van der Waals surface area contributed by atoms with Gasteiger partial charge in [0.1, 0.15) is 11.5 Å². The Bertz CT molecular complexity index is 900. The lowest BCUT2D eigenvalue weighted by Gasteiger charge is -2.01. The first-order valence-electron chi connectivity index (χ1n) is 7.77. The van der Waals surface area contributed by atoms with Gasteiger partial charge >= 0.3 is 0 Å². The fourth-order valence-electron chi connectivity index (χ4n) is 2.95. The summed E-state index contributed by atoms with van der Waals surface area (Å²) in [7, 11) is 0. The smallest absolute Gasteiger partial charge is 0.272 e. The van der Waals surface area contributed by atoms with E-state index in [0.29, 0.717) is 22.7 Å². The maximum Gasteiger partial charge on any atom is 0.272 e. The zero-order valence-electron chi connectivity index (χ0n) is 12.8. The fraction of sp³-hybridized carbons (Fsp3) is 0.235.